The third-order valence-electron chi connectivity index (χ3n) is 2.03. The second-order valence-electron chi connectivity index (χ2n) is 3.19. The highest BCUT2D eigenvalue weighted by atomic mass is 19.1. The topological polar surface area (TPSA) is 38.9 Å². The van der Waals surface area contributed by atoms with Crippen LogP contribution < -0.4 is 5.73 Å². The van der Waals surface area contributed by atoms with Crippen molar-refractivity contribution in [2.75, 3.05) is 5.73 Å². The Morgan fingerprint density at radius 1 is 1.00 bits per heavy atom. The maximum Gasteiger partial charge on any atom is 0.138 e. The second-order valence-corrected chi connectivity index (χ2v) is 3.19. The third-order valence-corrected chi connectivity index (χ3v) is 2.03. The molecule has 5 heteroatoms. The van der Waals surface area contributed by atoms with Gasteiger partial charge in [-0.1, -0.05) is 6.07 Å². The largest absolute Gasteiger partial charge is 0.384 e. The van der Waals surface area contributed by atoms with E-state index in [1.165, 1.54) is 18.2 Å². The number of nitrogens with two attached hydrogens (primary N) is 1. The Morgan fingerprint density at radius 2 is 1.62 bits per heavy atom. The zero-order valence-electron chi connectivity index (χ0n) is 8.05. The summed E-state index contributed by atoms with van der Waals surface area (Å²) in [6.45, 7) is 0. The molecule has 0 aliphatic carbocycles. The van der Waals surface area contributed by atoms with E-state index in [-0.39, 0.29) is 17.1 Å². The fourth-order valence-electron chi connectivity index (χ4n) is 1.38. The predicted molar refractivity (Wildman–Crippen MR) is 54.0 cm³/mol. The van der Waals surface area contributed by atoms with Crippen molar-refractivity contribution in [1.29, 1.82) is 0 Å². The molecule has 0 amide bonds. The molecule has 0 atom stereocenters. The van der Waals surface area contributed by atoms with Gasteiger partial charge in [0.25, 0.3) is 0 Å². The van der Waals surface area contributed by atoms with Gasteiger partial charge in [0.15, 0.2) is 0 Å². The molecule has 0 fully saturated rings. The molecule has 2 nitrogen and oxygen atoms in total. The number of benzene rings is 1. The van der Waals surface area contributed by atoms with Crippen molar-refractivity contribution in [3.05, 3.63) is 47.8 Å². The van der Waals surface area contributed by atoms with E-state index in [9.17, 15) is 13.2 Å². The van der Waals surface area contributed by atoms with Gasteiger partial charge in [-0.2, -0.15) is 0 Å². The van der Waals surface area contributed by atoms with Gasteiger partial charge in [-0.05, 0) is 12.1 Å². The van der Waals surface area contributed by atoms with E-state index in [1.54, 1.807) is 0 Å². The SMILES string of the molecule is Nc1cccc(-c2c(F)cc(F)cc2F)n1. The highest BCUT2D eigenvalue weighted by Gasteiger charge is 2.14. The van der Waals surface area contributed by atoms with Gasteiger partial charge < -0.3 is 5.73 Å². The molecule has 0 unspecified atom stereocenters. The first-order valence-electron chi connectivity index (χ1n) is 4.45. The number of anilines is 1. The summed E-state index contributed by atoms with van der Waals surface area (Å²) < 4.78 is 39.4. The molecule has 82 valence electrons. The van der Waals surface area contributed by atoms with Crippen molar-refractivity contribution in [3.8, 4) is 11.3 Å². The maximum absolute atomic E-state index is 13.4. The number of halogens is 3. The maximum atomic E-state index is 13.4. The van der Waals surface area contributed by atoms with Gasteiger partial charge in [-0.15, -0.1) is 0 Å². The van der Waals surface area contributed by atoms with Crippen LogP contribution >= 0.6 is 0 Å². The molecule has 2 rings (SSSR count). The molecule has 0 bridgehead atoms. The highest BCUT2D eigenvalue weighted by Crippen LogP contribution is 2.25. The Balaban J connectivity index is 2.64. The molecule has 0 aliphatic heterocycles. The van der Waals surface area contributed by atoms with Crippen LogP contribution in [0.2, 0.25) is 0 Å². The van der Waals surface area contributed by atoms with Gasteiger partial charge in [0, 0.05) is 12.1 Å². The Labute approximate surface area is 89.5 Å². The summed E-state index contributed by atoms with van der Waals surface area (Å²) in [6, 6.07) is 5.60. The monoisotopic (exact) mass is 224 g/mol. The molecule has 0 saturated carbocycles. The van der Waals surface area contributed by atoms with E-state index in [1.807, 2.05) is 0 Å². The van der Waals surface area contributed by atoms with Crippen molar-refractivity contribution < 1.29 is 13.2 Å². The predicted octanol–water partition coefficient (Wildman–Crippen LogP) is 2.75. The number of aromatic nitrogens is 1. The lowest BCUT2D eigenvalue weighted by Gasteiger charge is -2.05. The number of nitrogens with zero attached hydrogens (tertiary/aromatic N) is 1. The standard InChI is InChI=1S/C11H7F3N2/c12-6-4-7(13)11(8(14)5-6)9-2-1-3-10(15)16-9/h1-5H,(H2,15,16). The lowest BCUT2D eigenvalue weighted by molar-refractivity contribution is 0.547. The minimum absolute atomic E-state index is 0.0370. The van der Waals surface area contributed by atoms with Crippen molar-refractivity contribution in [2.24, 2.45) is 0 Å². The Kier molecular flexibility index (Phi) is 2.52. The van der Waals surface area contributed by atoms with Crippen molar-refractivity contribution in [1.82, 2.24) is 4.98 Å². The zero-order chi connectivity index (χ0) is 11.7. The average molecular weight is 224 g/mol. The van der Waals surface area contributed by atoms with Crippen molar-refractivity contribution in [3.63, 3.8) is 0 Å². The molecule has 1 aromatic heterocycles. The van der Waals surface area contributed by atoms with Crippen LogP contribution in [0.1, 0.15) is 0 Å². The molecule has 0 saturated heterocycles. The first-order valence-corrected chi connectivity index (χ1v) is 4.45. The summed E-state index contributed by atoms with van der Waals surface area (Å²) in [5.41, 5.74) is 5.05. The fourth-order valence-corrected chi connectivity index (χ4v) is 1.38. The first-order chi connectivity index (χ1) is 7.58. The summed E-state index contributed by atoms with van der Waals surface area (Å²) in [7, 11) is 0. The Hall–Kier alpha value is -2.04. The number of hydrogen-bond acceptors (Lipinski definition) is 2. The van der Waals surface area contributed by atoms with Crippen LogP contribution in [-0.4, -0.2) is 4.98 Å². The van der Waals surface area contributed by atoms with Gasteiger partial charge >= 0.3 is 0 Å². The summed E-state index contributed by atoms with van der Waals surface area (Å²) in [4.78, 5) is 3.77. The molecule has 0 spiro atoms. The van der Waals surface area contributed by atoms with E-state index in [4.69, 9.17) is 5.73 Å². The number of pyridine rings is 1. The van der Waals surface area contributed by atoms with Crippen LogP contribution in [0, 0.1) is 17.5 Å². The summed E-state index contributed by atoms with van der Waals surface area (Å²) in [5.74, 6) is -2.84. The minimum atomic E-state index is -1.00. The normalized spacial score (nSPS) is 10.4. The molecular formula is C11H7F3N2. The van der Waals surface area contributed by atoms with Crippen LogP contribution in [0.5, 0.6) is 0 Å². The molecule has 16 heavy (non-hydrogen) atoms. The smallest absolute Gasteiger partial charge is 0.138 e. The lowest BCUT2D eigenvalue weighted by atomic mass is 10.1. The summed E-state index contributed by atoms with van der Waals surface area (Å²) in [5, 5.41) is 0. The fraction of sp³-hybridized carbons (Fsp3) is 0. The summed E-state index contributed by atoms with van der Waals surface area (Å²) >= 11 is 0. The van der Waals surface area contributed by atoms with E-state index in [0.29, 0.717) is 12.1 Å². The van der Waals surface area contributed by atoms with Crippen molar-refractivity contribution in [2.45, 2.75) is 0 Å². The van der Waals surface area contributed by atoms with E-state index in [0.717, 1.165) is 0 Å². The number of hydrogen-bond donors (Lipinski definition) is 1. The molecule has 1 aromatic carbocycles. The lowest BCUT2D eigenvalue weighted by Crippen LogP contribution is -1.97. The molecule has 2 aromatic rings. The number of nitrogen functional groups attached to an aromatic ring is 1. The van der Waals surface area contributed by atoms with E-state index in [2.05, 4.69) is 4.98 Å². The Morgan fingerprint density at radius 3 is 2.19 bits per heavy atom. The third kappa shape index (κ3) is 1.84. The summed E-state index contributed by atoms with van der Waals surface area (Å²) in [6.07, 6.45) is 0. The highest BCUT2D eigenvalue weighted by molar-refractivity contribution is 5.62. The van der Waals surface area contributed by atoms with Crippen LogP contribution in [0.3, 0.4) is 0 Å². The van der Waals surface area contributed by atoms with Crippen molar-refractivity contribution >= 4 is 5.82 Å². The van der Waals surface area contributed by atoms with Crippen LogP contribution in [-0.2, 0) is 0 Å². The second kappa shape index (κ2) is 3.84. The average Bonchev–Trinajstić information content (AvgIpc) is 2.15. The molecule has 0 aliphatic rings. The minimum Gasteiger partial charge on any atom is -0.384 e. The quantitative estimate of drug-likeness (QED) is 0.808. The van der Waals surface area contributed by atoms with Crippen LogP contribution in [0.15, 0.2) is 30.3 Å². The van der Waals surface area contributed by atoms with E-state index < -0.39 is 17.5 Å². The van der Waals surface area contributed by atoms with Gasteiger partial charge in [-0.25, -0.2) is 18.2 Å². The van der Waals surface area contributed by atoms with Gasteiger partial charge in [0.05, 0.1) is 11.3 Å². The van der Waals surface area contributed by atoms with Crippen LogP contribution in [0.25, 0.3) is 11.3 Å². The molecule has 0 radical (unpaired) electrons. The molecule has 2 N–H and O–H groups in total. The zero-order valence-corrected chi connectivity index (χ0v) is 8.05. The van der Waals surface area contributed by atoms with Gasteiger partial charge in [0.2, 0.25) is 0 Å². The first kappa shape index (κ1) is 10.5. The number of rotatable bonds is 1. The van der Waals surface area contributed by atoms with Crippen LogP contribution in [0.4, 0.5) is 19.0 Å². The molecular weight excluding hydrogens is 217 g/mol. The van der Waals surface area contributed by atoms with Gasteiger partial charge in [0.1, 0.15) is 23.3 Å². The Bertz CT molecular complexity index is 517. The van der Waals surface area contributed by atoms with E-state index >= 15 is 0 Å². The molecule has 1 heterocycles. The van der Waals surface area contributed by atoms with Gasteiger partial charge in [-0.3, -0.25) is 0 Å².